The van der Waals surface area contributed by atoms with Crippen molar-refractivity contribution in [3.05, 3.63) is 29.8 Å². The van der Waals surface area contributed by atoms with Crippen LogP contribution in [0.4, 0.5) is 4.79 Å². The van der Waals surface area contributed by atoms with E-state index >= 15 is 0 Å². The highest BCUT2D eigenvalue weighted by molar-refractivity contribution is 5.86. The van der Waals surface area contributed by atoms with Crippen LogP contribution in [0.5, 0.6) is 5.75 Å². The minimum Gasteiger partial charge on any atom is -0.490 e. The molecule has 132 valence electrons. The number of hydrogen-bond donors (Lipinski definition) is 3. The quantitative estimate of drug-likeness (QED) is 0.716. The highest BCUT2D eigenvalue weighted by Gasteiger charge is 2.19. The number of carbonyl (C=O) groups excluding carboxylic acids is 2. The van der Waals surface area contributed by atoms with Crippen LogP contribution in [0.3, 0.4) is 0 Å². The number of hydrogen-bond acceptors (Lipinski definition) is 3. The Hall–Kier alpha value is -2.24. The molecule has 6 nitrogen and oxygen atoms in total. The van der Waals surface area contributed by atoms with E-state index in [-0.39, 0.29) is 11.9 Å². The number of benzene rings is 1. The number of amides is 3. The van der Waals surface area contributed by atoms with Gasteiger partial charge in [-0.1, -0.05) is 19.1 Å². The first-order chi connectivity index (χ1) is 11.5. The molecule has 0 saturated heterocycles. The van der Waals surface area contributed by atoms with E-state index in [1.54, 1.807) is 6.92 Å². The molecule has 0 radical (unpaired) electrons. The Morgan fingerprint density at radius 3 is 2.38 bits per heavy atom. The third kappa shape index (κ3) is 5.15. The highest BCUT2D eigenvalue weighted by Crippen LogP contribution is 2.26. The summed E-state index contributed by atoms with van der Waals surface area (Å²) in [6.45, 7) is 3.60. The average molecular weight is 333 g/mol. The molecule has 4 N–H and O–H groups in total. The van der Waals surface area contributed by atoms with Gasteiger partial charge in [-0.25, -0.2) is 4.79 Å². The first-order valence-corrected chi connectivity index (χ1v) is 8.62. The van der Waals surface area contributed by atoms with Crippen LogP contribution >= 0.6 is 0 Å². The average Bonchev–Trinajstić information content (AvgIpc) is 3.05. The van der Waals surface area contributed by atoms with Gasteiger partial charge in [0.2, 0.25) is 5.91 Å². The standard InChI is InChI=1S/C18H27N3O3/c1-3-16(21-17(22)12(2)20-18(19)23)13-8-10-15(11-9-13)24-14-6-4-5-7-14/h8-12,14,16H,3-7H2,1-2H3,(H,21,22)(H3,19,20,23)/t12-,16-/m0/s1. The van der Waals surface area contributed by atoms with Crippen LogP contribution in [0, 0.1) is 0 Å². The summed E-state index contributed by atoms with van der Waals surface area (Å²) in [5, 5.41) is 5.31. The molecule has 0 heterocycles. The molecule has 0 spiro atoms. The largest absolute Gasteiger partial charge is 0.490 e. The van der Waals surface area contributed by atoms with Gasteiger partial charge in [0, 0.05) is 0 Å². The minimum absolute atomic E-state index is 0.116. The van der Waals surface area contributed by atoms with Crippen molar-refractivity contribution < 1.29 is 14.3 Å². The van der Waals surface area contributed by atoms with Crippen molar-refractivity contribution in [3.8, 4) is 5.75 Å². The van der Waals surface area contributed by atoms with Crippen molar-refractivity contribution in [2.45, 2.75) is 64.1 Å². The van der Waals surface area contributed by atoms with E-state index < -0.39 is 12.1 Å². The van der Waals surface area contributed by atoms with Crippen molar-refractivity contribution in [1.82, 2.24) is 10.6 Å². The molecule has 0 aromatic heterocycles. The predicted molar refractivity (Wildman–Crippen MR) is 92.7 cm³/mol. The molecule has 2 rings (SSSR count). The molecule has 1 aliphatic carbocycles. The van der Waals surface area contributed by atoms with Gasteiger partial charge < -0.3 is 21.1 Å². The van der Waals surface area contributed by atoms with E-state index in [0.717, 1.165) is 30.6 Å². The third-order valence-corrected chi connectivity index (χ3v) is 4.36. The SMILES string of the molecule is CC[C@H](NC(=O)[C@H](C)NC(N)=O)c1ccc(OC2CCCC2)cc1. The van der Waals surface area contributed by atoms with Crippen molar-refractivity contribution in [2.75, 3.05) is 0 Å². The lowest BCUT2D eigenvalue weighted by Gasteiger charge is -2.21. The maximum Gasteiger partial charge on any atom is 0.312 e. The zero-order valence-corrected chi connectivity index (χ0v) is 14.4. The Bertz CT molecular complexity index is 553. The fourth-order valence-corrected chi connectivity index (χ4v) is 2.97. The van der Waals surface area contributed by atoms with E-state index in [1.807, 2.05) is 31.2 Å². The van der Waals surface area contributed by atoms with Gasteiger partial charge in [0.15, 0.2) is 0 Å². The van der Waals surface area contributed by atoms with Crippen LogP contribution < -0.4 is 21.1 Å². The fraction of sp³-hybridized carbons (Fsp3) is 0.556. The Labute approximate surface area is 143 Å². The molecule has 24 heavy (non-hydrogen) atoms. The molecule has 1 saturated carbocycles. The molecule has 0 bridgehead atoms. The van der Waals surface area contributed by atoms with E-state index in [9.17, 15) is 9.59 Å². The Morgan fingerprint density at radius 1 is 1.21 bits per heavy atom. The van der Waals surface area contributed by atoms with Crippen LogP contribution in [0.2, 0.25) is 0 Å². The van der Waals surface area contributed by atoms with Crippen molar-refractivity contribution in [3.63, 3.8) is 0 Å². The van der Waals surface area contributed by atoms with Crippen molar-refractivity contribution >= 4 is 11.9 Å². The molecule has 1 aromatic carbocycles. The fourth-order valence-electron chi connectivity index (χ4n) is 2.97. The van der Waals surface area contributed by atoms with Gasteiger partial charge in [-0.3, -0.25) is 4.79 Å². The van der Waals surface area contributed by atoms with Crippen LogP contribution in [-0.2, 0) is 4.79 Å². The Kier molecular flexibility index (Phi) is 6.46. The summed E-state index contributed by atoms with van der Waals surface area (Å²) < 4.78 is 5.96. The molecular formula is C18H27N3O3. The lowest BCUT2D eigenvalue weighted by Crippen LogP contribution is -2.47. The molecular weight excluding hydrogens is 306 g/mol. The number of primary amides is 1. The second-order valence-electron chi connectivity index (χ2n) is 6.29. The van der Waals surface area contributed by atoms with Gasteiger partial charge >= 0.3 is 6.03 Å². The first kappa shape index (κ1) is 18.1. The maximum absolute atomic E-state index is 12.1. The summed E-state index contributed by atoms with van der Waals surface area (Å²) >= 11 is 0. The topological polar surface area (TPSA) is 93.5 Å². The maximum atomic E-state index is 12.1. The number of carbonyl (C=O) groups is 2. The predicted octanol–water partition coefficient (Wildman–Crippen LogP) is 2.63. The van der Waals surface area contributed by atoms with Gasteiger partial charge in [-0.05, 0) is 56.7 Å². The number of nitrogens with two attached hydrogens (primary N) is 1. The molecule has 2 atom stereocenters. The zero-order valence-electron chi connectivity index (χ0n) is 14.4. The summed E-state index contributed by atoms with van der Waals surface area (Å²) in [6, 6.07) is 6.37. The van der Waals surface area contributed by atoms with E-state index in [1.165, 1.54) is 12.8 Å². The molecule has 1 aliphatic rings. The van der Waals surface area contributed by atoms with Crippen molar-refractivity contribution in [1.29, 1.82) is 0 Å². The summed E-state index contributed by atoms with van der Waals surface area (Å²) in [5.41, 5.74) is 6.06. The zero-order chi connectivity index (χ0) is 17.5. The number of ether oxygens (including phenoxy) is 1. The highest BCUT2D eigenvalue weighted by atomic mass is 16.5. The van der Waals surface area contributed by atoms with Crippen LogP contribution in [0.1, 0.15) is 57.6 Å². The van der Waals surface area contributed by atoms with E-state index in [0.29, 0.717) is 6.10 Å². The molecule has 0 aliphatic heterocycles. The molecule has 1 fully saturated rings. The third-order valence-electron chi connectivity index (χ3n) is 4.36. The summed E-state index contributed by atoms with van der Waals surface area (Å²) in [6.07, 6.45) is 5.81. The summed E-state index contributed by atoms with van der Waals surface area (Å²) in [4.78, 5) is 22.9. The summed E-state index contributed by atoms with van der Waals surface area (Å²) in [5.74, 6) is 0.613. The van der Waals surface area contributed by atoms with Gasteiger partial charge in [-0.2, -0.15) is 0 Å². The van der Waals surface area contributed by atoms with Gasteiger partial charge in [0.1, 0.15) is 11.8 Å². The second kappa shape index (κ2) is 8.57. The monoisotopic (exact) mass is 333 g/mol. The lowest BCUT2D eigenvalue weighted by atomic mass is 10.0. The molecule has 6 heteroatoms. The lowest BCUT2D eigenvalue weighted by molar-refractivity contribution is -0.123. The Morgan fingerprint density at radius 2 is 1.83 bits per heavy atom. The van der Waals surface area contributed by atoms with Gasteiger partial charge in [0.25, 0.3) is 0 Å². The molecule has 0 unspecified atom stereocenters. The van der Waals surface area contributed by atoms with E-state index in [4.69, 9.17) is 10.5 Å². The normalized spacial score (nSPS) is 17.1. The van der Waals surface area contributed by atoms with Crippen LogP contribution in [0.15, 0.2) is 24.3 Å². The van der Waals surface area contributed by atoms with Crippen LogP contribution in [0.25, 0.3) is 0 Å². The van der Waals surface area contributed by atoms with Crippen LogP contribution in [-0.4, -0.2) is 24.1 Å². The summed E-state index contributed by atoms with van der Waals surface area (Å²) in [7, 11) is 0. The second-order valence-corrected chi connectivity index (χ2v) is 6.29. The number of urea groups is 1. The van der Waals surface area contributed by atoms with Gasteiger partial charge in [-0.15, -0.1) is 0 Å². The Balaban J connectivity index is 1.94. The molecule has 3 amide bonds. The van der Waals surface area contributed by atoms with Crippen molar-refractivity contribution in [2.24, 2.45) is 5.73 Å². The van der Waals surface area contributed by atoms with E-state index in [2.05, 4.69) is 10.6 Å². The smallest absolute Gasteiger partial charge is 0.312 e. The molecule has 1 aromatic rings. The number of rotatable bonds is 7. The number of nitrogens with one attached hydrogen (secondary N) is 2. The first-order valence-electron chi connectivity index (χ1n) is 8.62. The minimum atomic E-state index is -0.709. The van der Waals surface area contributed by atoms with Gasteiger partial charge in [0.05, 0.1) is 12.1 Å².